The minimum atomic E-state index is -5.25. The highest BCUT2D eigenvalue weighted by molar-refractivity contribution is 6.31. The fourth-order valence-electron chi connectivity index (χ4n) is 1.28. The molecule has 0 radical (unpaired) electrons. The molecular formula is C9H5ClF5NO3. The van der Waals surface area contributed by atoms with Crippen molar-refractivity contribution >= 4 is 17.6 Å². The summed E-state index contributed by atoms with van der Waals surface area (Å²) in [4.78, 5) is 13.7. The van der Waals surface area contributed by atoms with Gasteiger partial charge >= 0.3 is 12.3 Å². The standard InChI is InChI=1S/C9H5ClF5NO3/c10-7-6(19-9(13,14)15)5(8(11)12)3(2-16-7)1-4(17)18/h2,8H,1H2,(H,17,18). The lowest BCUT2D eigenvalue weighted by Gasteiger charge is -2.16. The molecule has 0 amide bonds. The summed E-state index contributed by atoms with van der Waals surface area (Å²) < 4.78 is 65.2. The van der Waals surface area contributed by atoms with Crippen LogP contribution in [-0.2, 0) is 11.2 Å². The number of nitrogens with zero attached hydrogens (tertiary/aromatic N) is 1. The third-order valence-electron chi connectivity index (χ3n) is 1.89. The van der Waals surface area contributed by atoms with Gasteiger partial charge in [-0.3, -0.25) is 4.79 Å². The molecular weight excluding hydrogens is 301 g/mol. The smallest absolute Gasteiger partial charge is 0.481 e. The molecule has 0 unspecified atom stereocenters. The Balaban J connectivity index is 3.37. The van der Waals surface area contributed by atoms with Crippen LogP contribution in [0.1, 0.15) is 17.6 Å². The number of aliphatic carboxylic acids is 1. The molecule has 1 rings (SSSR count). The Hall–Kier alpha value is -1.64. The van der Waals surface area contributed by atoms with Crippen molar-refractivity contribution in [3.05, 3.63) is 22.5 Å². The molecule has 0 aliphatic heterocycles. The first-order valence-electron chi connectivity index (χ1n) is 4.54. The van der Waals surface area contributed by atoms with E-state index in [0.29, 0.717) is 6.20 Å². The van der Waals surface area contributed by atoms with Gasteiger partial charge in [-0.05, 0) is 5.56 Å². The number of alkyl halides is 5. The topological polar surface area (TPSA) is 59.4 Å². The highest BCUT2D eigenvalue weighted by Crippen LogP contribution is 2.39. The maximum atomic E-state index is 12.8. The summed E-state index contributed by atoms with van der Waals surface area (Å²) in [6, 6.07) is 0. The number of carboxylic acid groups (broad SMARTS) is 1. The van der Waals surface area contributed by atoms with Crippen LogP contribution in [0.3, 0.4) is 0 Å². The minimum Gasteiger partial charge on any atom is -0.481 e. The molecule has 1 aromatic heterocycles. The largest absolute Gasteiger partial charge is 0.573 e. The third kappa shape index (κ3) is 4.19. The second-order valence-electron chi connectivity index (χ2n) is 3.24. The average Bonchev–Trinajstić information content (AvgIpc) is 2.19. The Labute approximate surface area is 107 Å². The van der Waals surface area contributed by atoms with E-state index in [0.717, 1.165) is 0 Å². The number of ether oxygens (including phenoxy) is 1. The van der Waals surface area contributed by atoms with Crippen molar-refractivity contribution < 1.29 is 36.6 Å². The summed E-state index contributed by atoms with van der Waals surface area (Å²) in [5.41, 5.74) is -1.84. The maximum Gasteiger partial charge on any atom is 0.573 e. The maximum absolute atomic E-state index is 12.8. The number of pyridine rings is 1. The van der Waals surface area contributed by atoms with Gasteiger partial charge in [0, 0.05) is 6.20 Å². The van der Waals surface area contributed by atoms with E-state index < -0.39 is 47.2 Å². The number of halogens is 6. The highest BCUT2D eigenvalue weighted by atomic mass is 35.5. The van der Waals surface area contributed by atoms with Crippen LogP contribution in [0.15, 0.2) is 6.20 Å². The molecule has 1 N–H and O–H groups in total. The molecule has 1 heterocycles. The summed E-state index contributed by atoms with van der Waals surface area (Å²) >= 11 is 5.27. The summed E-state index contributed by atoms with van der Waals surface area (Å²) in [6.07, 6.45) is -8.91. The molecule has 10 heteroatoms. The van der Waals surface area contributed by atoms with Crippen molar-refractivity contribution in [1.82, 2.24) is 4.98 Å². The van der Waals surface area contributed by atoms with Gasteiger partial charge in [-0.25, -0.2) is 13.8 Å². The molecule has 0 atom stereocenters. The van der Waals surface area contributed by atoms with E-state index in [9.17, 15) is 26.7 Å². The minimum absolute atomic E-state index is 0.605. The molecule has 106 valence electrons. The van der Waals surface area contributed by atoms with E-state index in [1.165, 1.54) is 0 Å². The van der Waals surface area contributed by atoms with Crippen LogP contribution in [0.25, 0.3) is 0 Å². The Morgan fingerprint density at radius 1 is 1.47 bits per heavy atom. The number of carbonyl (C=O) groups is 1. The van der Waals surface area contributed by atoms with Crippen LogP contribution in [-0.4, -0.2) is 22.4 Å². The number of carboxylic acids is 1. The van der Waals surface area contributed by atoms with Gasteiger partial charge in [0.25, 0.3) is 6.43 Å². The van der Waals surface area contributed by atoms with E-state index in [4.69, 9.17) is 16.7 Å². The van der Waals surface area contributed by atoms with Gasteiger partial charge in [0.2, 0.25) is 0 Å². The molecule has 0 aliphatic rings. The fraction of sp³-hybridized carbons (Fsp3) is 0.333. The van der Waals surface area contributed by atoms with Crippen LogP contribution >= 0.6 is 11.6 Å². The van der Waals surface area contributed by atoms with E-state index >= 15 is 0 Å². The molecule has 0 bridgehead atoms. The van der Waals surface area contributed by atoms with Crippen LogP contribution in [0.5, 0.6) is 5.75 Å². The van der Waals surface area contributed by atoms with Crippen LogP contribution in [0, 0.1) is 0 Å². The van der Waals surface area contributed by atoms with Crippen LogP contribution in [0.2, 0.25) is 5.15 Å². The molecule has 0 spiro atoms. The van der Waals surface area contributed by atoms with Crippen molar-refractivity contribution in [3.8, 4) is 5.75 Å². The van der Waals surface area contributed by atoms with Crippen molar-refractivity contribution in [1.29, 1.82) is 0 Å². The quantitative estimate of drug-likeness (QED) is 0.685. The molecule has 0 aromatic carbocycles. The summed E-state index contributed by atoms with van der Waals surface area (Å²) in [6.45, 7) is 0. The molecule has 19 heavy (non-hydrogen) atoms. The third-order valence-corrected chi connectivity index (χ3v) is 2.16. The zero-order chi connectivity index (χ0) is 14.8. The fourth-order valence-corrected chi connectivity index (χ4v) is 1.46. The average molecular weight is 306 g/mol. The van der Waals surface area contributed by atoms with Gasteiger partial charge in [-0.2, -0.15) is 0 Å². The zero-order valence-electron chi connectivity index (χ0n) is 8.84. The summed E-state index contributed by atoms with van der Waals surface area (Å²) in [5, 5.41) is 7.57. The lowest BCUT2D eigenvalue weighted by Crippen LogP contribution is -2.20. The molecule has 0 saturated heterocycles. The number of hydrogen-bond acceptors (Lipinski definition) is 3. The Morgan fingerprint density at radius 2 is 2.05 bits per heavy atom. The van der Waals surface area contributed by atoms with Gasteiger partial charge in [0.1, 0.15) is 0 Å². The van der Waals surface area contributed by atoms with E-state index in [2.05, 4.69) is 9.72 Å². The highest BCUT2D eigenvalue weighted by Gasteiger charge is 2.36. The lowest BCUT2D eigenvalue weighted by atomic mass is 10.1. The summed E-state index contributed by atoms with van der Waals surface area (Å²) in [5.74, 6) is -2.90. The SMILES string of the molecule is O=C(O)Cc1cnc(Cl)c(OC(F)(F)F)c1C(F)F. The molecule has 1 aromatic rings. The molecule has 0 fully saturated rings. The van der Waals surface area contributed by atoms with Crippen molar-refractivity contribution in [3.63, 3.8) is 0 Å². The predicted octanol–water partition coefficient (Wildman–Crippen LogP) is 3.20. The summed E-state index contributed by atoms with van der Waals surface area (Å²) in [7, 11) is 0. The van der Waals surface area contributed by atoms with E-state index in [1.807, 2.05) is 0 Å². The number of aromatic nitrogens is 1. The van der Waals surface area contributed by atoms with Crippen LogP contribution in [0.4, 0.5) is 22.0 Å². The second-order valence-corrected chi connectivity index (χ2v) is 3.59. The first-order chi connectivity index (χ1) is 8.61. The molecule has 0 aliphatic carbocycles. The van der Waals surface area contributed by atoms with Crippen LogP contribution < -0.4 is 4.74 Å². The normalized spacial score (nSPS) is 11.7. The van der Waals surface area contributed by atoms with Gasteiger partial charge in [0.15, 0.2) is 10.9 Å². The Bertz CT molecular complexity index is 491. The van der Waals surface area contributed by atoms with Gasteiger partial charge in [0.05, 0.1) is 12.0 Å². The lowest BCUT2D eigenvalue weighted by molar-refractivity contribution is -0.275. The first kappa shape index (κ1) is 15.4. The second kappa shape index (κ2) is 5.55. The number of hydrogen-bond donors (Lipinski definition) is 1. The number of rotatable bonds is 4. The molecule has 0 saturated carbocycles. The molecule has 4 nitrogen and oxygen atoms in total. The predicted molar refractivity (Wildman–Crippen MR) is 52.2 cm³/mol. The Kier molecular flexibility index (Phi) is 4.51. The Morgan fingerprint density at radius 3 is 2.47 bits per heavy atom. The van der Waals surface area contributed by atoms with Crippen molar-refractivity contribution in [2.75, 3.05) is 0 Å². The van der Waals surface area contributed by atoms with E-state index in [-0.39, 0.29) is 0 Å². The van der Waals surface area contributed by atoms with Gasteiger partial charge in [-0.15, -0.1) is 13.2 Å². The van der Waals surface area contributed by atoms with Gasteiger partial charge < -0.3 is 9.84 Å². The van der Waals surface area contributed by atoms with Gasteiger partial charge in [-0.1, -0.05) is 11.6 Å². The first-order valence-corrected chi connectivity index (χ1v) is 4.92. The van der Waals surface area contributed by atoms with Crippen molar-refractivity contribution in [2.24, 2.45) is 0 Å². The zero-order valence-corrected chi connectivity index (χ0v) is 9.60. The van der Waals surface area contributed by atoms with E-state index in [1.54, 1.807) is 0 Å². The van der Waals surface area contributed by atoms with Crippen molar-refractivity contribution in [2.45, 2.75) is 19.2 Å². The monoisotopic (exact) mass is 305 g/mol.